The summed E-state index contributed by atoms with van der Waals surface area (Å²) < 4.78 is 5.54. The number of hydrogen-bond donors (Lipinski definition) is 1. The van der Waals surface area contributed by atoms with E-state index in [4.69, 9.17) is 4.74 Å². The largest absolute Gasteiger partial charge is 0.379 e. The fraction of sp³-hybridized carbons (Fsp3) is 0.947. The van der Waals surface area contributed by atoms with Gasteiger partial charge >= 0.3 is 0 Å². The van der Waals surface area contributed by atoms with Gasteiger partial charge in [-0.25, -0.2) is 0 Å². The van der Waals surface area contributed by atoms with Gasteiger partial charge in [0.2, 0.25) is 5.91 Å². The Labute approximate surface area is 137 Å². The topological polar surface area (TPSA) is 38.3 Å². The summed E-state index contributed by atoms with van der Waals surface area (Å²) in [5, 5.41) is 3.17. The number of ether oxygens (including phenoxy) is 1. The maximum Gasteiger partial charge on any atom is 0.226 e. The first-order valence-electron chi connectivity index (χ1n) is 8.98. The highest BCUT2D eigenvalue weighted by Crippen LogP contribution is 2.52. The lowest BCUT2D eigenvalue weighted by atomic mass is 9.56. The maximum atomic E-state index is 12.9. The van der Waals surface area contributed by atoms with Crippen molar-refractivity contribution in [3.8, 4) is 0 Å². The Morgan fingerprint density at radius 3 is 2.41 bits per heavy atom. The zero-order chi connectivity index (χ0) is 17.0. The van der Waals surface area contributed by atoms with Crippen LogP contribution in [0.5, 0.6) is 0 Å². The summed E-state index contributed by atoms with van der Waals surface area (Å²) in [4.78, 5) is 12.9. The second kappa shape index (κ2) is 7.81. The molecule has 1 saturated carbocycles. The number of carbonyl (C=O) groups excluding carboxylic acids is 1. The number of hydrogen-bond acceptors (Lipinski definition) is 2. The lowest BCUT2D eigenvalue weighted by Crippen LogP contribution is -2.51. The van der Waals surface area contributed by atoms with Crippen LogP contribution < -0.4 is 5.32 Å². The van der Waals surface area contributed by atoms with Crippen molar-refractivity contribution >= 4 is 5.91 Å². The third kappa shape index (κ3) is 5.26. The Hall–Kier alpha value is -0.570. The highest BCUT2D eigenvalue weighted by Gasteiger charge is 2.49. The zero-order valence-corrected chi connectivity index (χ0v) is 15.8. The number of carbonyl (C=O) groups is 1. The van der Waals surface area contributed by atoms with E-state index in [9.17, 15) is 4.79 Å². The molecule has 0 saturated heterocycles. The molecule has 0 aromatic rings. The van der Waals surface area contributed by atoms with Gasteiger partial charge in [-0.3, -0.25) is 4.79 Å². The van der Waals surface area contributed by atoms with Crippen molar-refractivity contribution < 1.29 is 9.53 Å². The molecule has 2 atom stereocenters. The molecule has 1 amide bonds. The molecule has 1 unspecified atom stereocenters. The van der Waals surface area contributed by atoms with E-state index >= 15 is 0 Å². The van der Waals surface area contributed by atoms with Gasteiger partial charge in [-0.15, -0.1) is 0 Å². The Morgan fingerprint density at radius 1 is 1.23 bits per heavy atom. The first kappa shape index (κ1) is 19.5. The molecule has 0 aromatic heterocycles. The molecule has 0 aliphatic heterocycles. The predicted molar refractivity (Wildman–Crippen MR) is 92.8 cm³/mol. The number of nitrogens with one attached hydrogen (secondary N) is 1. The average Bonchev–Trinajstić information content (AvgIpc) is 2.35. The van der Waals surface area contributed by atoms with E-state index < -0.39 is 0 Å². The van der Waals surface area contributed by atoms with Crippen LogP contribution in [0.1, 0.15) is 74.1 Å². The highest BCUT2D eigenvalue weighted by molar-refractivity contribution is 5.82. The van der Waals surface area contributed by atoms with Gasteiger partial charge in [0.15, 0.2) is 0 Å². The van der Waals surface area contributed by atoms with Gasteiger partial charge in [-0.2, -0.15) is 0 Å². The van der Waals surface area contributed by atoms with E-state index in [0.717, 1.165) is 19.3 Å². The van der Waals surface area contributed by atoms with E-state index in [1.54, 1.807) is 0 Å². The molecule has 130 valence electrons. The highest BCUT2D eigenvalue weighted by atomic mass is 16.5. The molecule has 3 heteroatoms. The average molecular weight is 312 g/mol. The SMILES string of the molecule is CC(C)OCCCNC(=O)[C@@]1(C)CC(C)(C)CCC1C(C)C. The molecule has 0 spiro atoms. The maximum absolute atomic E-state index is 12.9. The summed E-state index contributed by atoms with van der Waals surface area (Å²) in [5.74, 6) is 1.27. The summed E-state index contributed by atoms with van der Waals surface area (Å²) >= 11 is 0. The normalized spacial score (nSPS) is 28.1. The fourth-order valence-corrected chi connectivity index (χ4v) is 4.19. The molecular formula is C19H37NO2. The molecule has 0 heterocycles. The van der Waals surface area contributed by atoms with Gasteiger partial charge in [0.05, 0.1) is 6.10 Å². The Kier molecular flexibility index (Phi) is 6.91. The number of rotatable bonds is 7. The summed E-state index contributed by atoms with van der Waals surface area (Å²) in [6, 6.07) is 0. The van der Waals surface area contributed by atoms with E-state index in [1.807, 2.05) is 13.8 Å². The van der Waals surface area contributed by atoms with Crippen LogP contribution in [-0.2, 0) is 9.53 Å². The van der Waals surface area contributed by atoms with Crippen LogP contribution >= 0.6 is 0 Å². The summed E-state index contributed by atoms with van der Waals surface area (Å²) in [6.07, 6.45) is 4.51. The van der Waals surface area contributed by atoms with E-state index in [2.05, 4.69) is 39.9 Å². The Balaban J connectivity index is 2.61. The zero-order valence-electron chi connectivity index (χ0n) is 15.8. The van der Waals surface area contributed by atoms with Gasteiger partial charge in [-0.1, -0.05) is 34.6 Å². The van der Waals surface area contributed by atoms with Crippen LogP contribution in [0.2, 0.25) is 0 Å². The molecule has 1 aliphatic carbocycles. The summed E-state index contributed by atoms with van der Waals surface area (Å²) in [7, 11) is 0. The van der Waals surface area contributed by atoms with Crippen LogP contribution in [0.15, 0.2) is 0 Å². The molecule has 1 aliphatic rings. The Bertz CT molecular complexity index is 362. The van der Waals surface area contributed by atoms with E-state index in [0.29, 0.717) is 25.0 Å². The third-order valence-corrected chi connectivity index (χ3v) is 5.18. The van der Waals surface area contributed by atoms with Crippen LogP contribution in [0.4, 0.5) is 0 Å². The van der Waals surface area contributed by atoms with Crippen LogP contribution in [-0.4, -0.2) is 25.2 Å². The second-order valence-corrected chi connectivity index (χ2v) is 8.68. The van der Waals surface area contributed by atoms with Crippen LogP contribution in [0.25, 0.3) is 0 Å². The summed E-state index contributed by atoms with van der Waals surface area (Å²) in [6.45, 7) is 16.8. The van der Waals surface area contributed by atoms with Gasteiger partial charge in [0.1, 0.15) is 0 Å². The first-order chi connectivity index (χ1) is 10.1. The van der Waals surface area contributed by atoms with Crippen molar-refractivity contribution in [2.75, 3.05) is 13.2 Å². The van der Waals surface area contributed by atoms with Crippen LogP contribution in [0.3, 0.4) is 0 Å². The second-order valence-electron chi connectivity index (χ2n) is 8.68. The number of amides is 1. The van der Waals surface area contributed by atoms with Gasteiger partial charge in [0, 0.05) is 18.6 Å². The molecule has 1 rings (SSSR count). The van der Waals surface area contributed by atoms with Crippen molar-refractivity contribution in [2.24, 2.45) is 22.7 Å². The first-order valence-corrected chi connectivity index (χ1v) is 8.98. The molecule has 0 aromatic carbocycles. The van der Waals surface area contributed by atoms with Crippen molar-refractivity contribution in [3.05, 3.63) is 0 Å². The molecule has 1 N–H and O–H groups in total. The third-order valence-electron chi connectivity index (χ3n) is 5.18. The minimum atomic E-state index is -0.241. The smallest absolute Gasteiger partial charge is 0.226 e. The summed E-state index contributed by atoms with van der Waals surface area (Å²) in [5.41, 5.74) is 0.0209. The van der Waals surface area contributed by atoms with Crippen molar-refractivity contribution in [2.45, 2.75) is 80.3 Å². The monoisotopic (exact) mass is 311 g/mol. The minimum Gasteiger partial charge on any atom is -0.379 e. The fourth-order valence-electron chi connectivity index (χ4n) is 4.19. The quantitative estimate of drug-likeness (QED) is 0.707. The van der Waals surface area contributed by atoms with Crippen molar-refractivity contribution in [1.82, 2.24) is 5.32 Å². The molecule has 0 bridgehead atoms. The van der Waals surface area contributed by atoms with Crippen molar-refractivity contribution in [3.63, 3.8) is 0 Å². The Morgan fingerprint density at radius 2 is 1.86 bits per heavy atom. The van der Waals surface area contributed by atoms with Gasteiger partial charge in [0.25, 0.3) is 0 Å². The van der Waals surface area contributed by atoms with Crippen LogP contribution in [0, 0.1) is 22.7 Å². The van der Waals surface area contributed by atoms with E-state index in [1.165, 1.54) is 6.42 Å². The lowest BCUT2D eigenvalue weighted by molar-refractivity contribution is -0.140. The lowest BCUT2D eigenvalue weighted by Gasteiger charge is -2.49. The van der Waals surface area contributed by atoms with E-state index in [-0.39, 0.29) is 22.8 Å². The molecule has 0 radical (unpaired) electrons. The van der Waals surface area contributed by atoms with Crippen molar-refractivity contribution in [1.29, 1.82) is 0 Å². The molecule has 1 fully saturated rings. The molecule has 22 heavy (non-hydrogen) atoms. The minimum absolute atomic E-state index is 0.239. The predicted octanol–water partition coefficient (Wildman–Crippen LogP) is 4.41. The molecular weight excluding hydrogens is 274 g/mol. The van der Waals surface area contributed by atoms with Gasteiger partial charge in [-0.05, 0) is 56.8 Å². The van der Waals surface area contributed by atoms with Gasteiger partial charge < -0.3 is 10.1 Å². The molecule has 3 nitrogen and oxygen atoms in total. The standard InChI is InChI=1S/C19H37NO2/c1-14(2)16-9-10-18(5,6)13-19(16,7)17(21)20-11-8-12-22-15(3)4/h14-16H,8-13H2,1-7H3,(H,20,21)/t16?,19-/m0/s1.